The summed E-state index contributed by atoms with van der Waals surface area (Å²) in [6, 6.07) is 7.44. The largest absolute Gasteiger partial charge is 0.336 e. The first-order valence-corrected chi connectivity index (χ1v) is 5.48. The Morgan fingerprint density at radius 2 is 2.06 bits per heavy atom. The average molecular weight is 221 g/mol. The molecule has 0 aromatic heterocycles. The molecule has 1 rings (SSSR count). The number of rotatable bonds is 4. The summed E-state index contributed by atoms with van der Waals surface area (Å²) in [4.78, 5) is 14.0. The standard InChI is InChI=1S/C12H19N3O/c1-4-15(9(2)3)12(16)10-7-5-6-8-11(10)14-13/h5-9,14H,4,13H2,1-3H3. The van der Waals surface area contributed by atoms with Crippen molar-refractivity contribution in [2.45, 2.75) is 26.8 Å². The molecule has 0 fully saturated rings. The normalized spacial score (nSPS) is 10.3. The second kappa shape index (κ2) is 5.51. The number of nitrogens with two attached hydrogens (primary N) is 1. The van der Waals surface area contributed by atoms with Crippen LogP contribution in [0.3, 0.4) is 0 Å². The van der Waals surface area contributed by atoms with Crippen LogP contribution in [0.25, 0.3) is 0 Å². The van der Waals surface area contributed by atoms with Gasteiger partial charge in [0.2, 0.25) is 0 Å². The molecule has 1 aromatic rings. The van der Waals surface area contributed by atoms with Crippen molar-refractivity contribution in [2.75, 3.05) is 12.0 Å². The Bertz CT molecular complexity index is 363. The highest BCUT2D eigenvalue weighted by Crippen LogP contribution is 2.17. The van der Waals surface area contributed by atoms with Crippen molar-refractivity contribution in [3.05, 3.63) is 29.8 Å². The molecule has 0 bridgehead atoms. The van der Waals surface area contributed by atoms with Gasteiger partial charge in [-0.1, -0.05) is 12.1 Å². The number of hydrogen-bond acceptors (Lipinski definition) is 3. The Labute approximate surface area is 96.4 Å². The second-order valence-electron chi connectivity index (χ2n) is 3.87. The van der Waals surface area contributed by atoms with Gasteiger partial charge in [0.1, 0.15) is 0 Å². The van der Waals surface area contributed by atoms with Crippen LogP contribution < -0.4 is 11.3 Å². The van der Waals surface area contributed by atoms with Gasteiger partial charge in [-0.05, 0) is 32.9 Å². The Morgan fingerprint density at radius 3 is 2.56 bits per heavy atom. The fourth-order valence-corrected chi connectivity index (χ4v) is 1.69. The van der Waals surface area contributed by atoms with Crippen LogP contribution >= 0.6 is 0 Å². The molecule has 0 atom stereocenters. The highest BCUT2D eigenvalue weighted by molar-refractivity contribution is 5.99. The summed E-state index contributed by atoms with van der Waals surface area (Å²) < 4.78 is 0. The Balaban J connectivity index is 3.03. The Morgan fingerprint density at radius 1 is 1.44 bits per heavy atom. The molecule has 3 N–H and O–H groups in total. The molecule has 0 saturated heterocycles. The summed E-state index contributed by atoms with van der Waals surface area (Å²) in [6.45, 7) is 6.66. The van der Waals surface area contributed by atoms with Gasteiger partial charge in [0.05, 0.1) is 11.3 Å². The van der Waals surface area contributed by atoms with E-state index in [1.54, 1.807) is 17.0 Å². The van der Waals surface area contributed by atoms with E-state index in [1.165, 1.54) is 0 Å². The third-order valence-corrected chi connectivity index (χ3v) is 2.54. The smallest absolute Gasteiger partial charge is 0.256 e. The average Bonchev–Trinajstić information content (AvgIpc) is 2.29. The van der Waals surface area contributed by atoms with Gasteiger partial charge in [0.25, 0.3) is 5.91 Å². The minimum Gasteiger partial charge on any atom is -0.336 e. The molecule has 1 aromatic carbocycles. The molecule has 0 aliphatic carbocycles. The van der Waals surface area contributed by atoms with Crippen molar-refractivity contribution in [2.24, 2.45) is 5.84 Å². The molecular formula is C12H19N3O. The van der Waals surface area contributed by atoms with Crippen LogP contribution in [0.2, 0.25) is 0 Å². The Hall–Kier alpha value is -1.55. The quantitative estimate of drug-likeness (QED) is 0.602. The number of amides is 1. The van der Waals surface area contributed by atoms with Crippen LogP contribution in [-0.4, -0.2) is 23.4 Å². The number of anilines is 1. The number of hydrazine groups is 1. The van der Waals surface area contributed by atoms with Crippen LogP contribution in [0.4, 0.5) is 5.69 Å². The number of hydrogen-bond donors (Lipinski definition) is 2. The van der Waals surface area contributed by atoms with Gasteiger partial charge in [-0.2, -0.15) is 0 Å². The summed E-state index contributed by atoms with van der Waals surface area (Å²) in [5.74, 6) is 5.39. The summed E-state index contributed by atoms with van der Waals surface area (Å²) in [5, 5.41) is 0. The summed E-state index contributed by atoms with van der Waals surface area (Å²) >= 11 is 0. The fourth-order valence-electron chi connectivity index (χ4n) is 1.69. The zero-order chi connectivity index (χ0) is 12.1. The SMILES string of the molecule is CCN(C(=O)c1ccccc1NN)C(C)C. The van der Waals surface area contributed by atoms with Gasteiger partial charge in [0, 0.05) is 12.6 Å². The molecule has 88 valence electrons. The zero-order valence-corrected chi connectivity index (χ0v) is 10.0. The first-order valence-electron chi connectivity index (χ1n) is 5.48. The minimum atomic E-state index is 0.00560. The van der Waals surface area contributed by atoms with E-state index in [0.717, 1.165) is 0 Å². The van der Waals surface area contributed by atoms with E-state index in [9.17, 15) is 4.79 Å². The van der Waals surface area contributed by atoms with Crippen molar-refractivity contribution in [3.8, 4) is 0 Å². The molecule has 0 saturated carbocycles. The predicted octanol–water partition coefficient (Wildman–Crippen LogP) is 1.84. The number of nitrogens with one attached hydrogen (secondary N) is 1. The van der Waals surface area contributed by atoms with Gasteiger partial charge < -0.3 is 10.3 Å². The molecule has 0 aliphatic rings. The summed E-state index contributed by atoms with van der Waals surface area (Å²) in [6.07, 6.45) is 0. The van der Waals surface area contributed by atoms with E-state index >= 15 is 0 Å². The maximum absolute atomic E-state index is 12.2. The molecule has 4 nitrogen and oxygen atoms in total. The van der Waals surface area contributed by atoms with E-state index in [2.05, 4.69) is 5.43 Å². The Kier molecular flexibility index (Phi) is 4.31. The zero-order valence-electron chi connectivity index (χ0n) is 10.0. The highest BCUT2D eigenvalue weighted by Gasteiger charge is 2.19. The lowest BCUT2D eigenvalue weighted by molar-refractivity contribution is 0.0718. The van der Waals surface area contributed by atoms with Gasteiger partial charge in [0.15, 0.2) is 0 Å². The van der Waals surface area contributed by atoms with E-state index in [1.807, 2.05) is 32.9 Å². The van der Waals surface area contributed by atoms with E-state index < -0.39 is 0 Å². The molecule has 0 radical (unpaired) electrons. The highest BCUT2D eigenvalue weighted by atomic mass is 16.2. The van der Waals surface area contributed by atoms with Crippen molar-refractivity contribution in [3.63, 3.8) is 0 Å². The van der Waals surface area contributed by atoms with Gasteiger partial charge in [-0.25, -0.2) is 0 Å². The van der Waals surface area contributed by atoms with Crippen molar-refractivity contribution in [1.82, 2.24) is 4.90 Å². The number of benzene rings is 1. The third-order valence-electron chi connectivity index (χ3n) is 2.54. The van der Waals surface area contributed by atoms with Gasteiger partial charge in [-0.3, -0.25) is 10.6 Å². The monoisotopic (exact) mass is 221 g/mol. The molecule has 0 spiro atoms. The number of nitrogens with zero attached hydrogens (tertiary/aromatic N) is 1. The maximum atomic E-state index is 12.2. The lowest BCUT2D eigenvalue weighted by Gasteiger charge is -2.26. The minimum absolute atomic E-state index is 0.00560. The number of para-hydroxylation sites is 1. The molecule has 0 heterocycles. The lowest BCUT2D eigenvalue weighted by atomic mass is 10.1. The molecule has 0 aliphatic heterocycles. The second-order valence-corrected chi connectivity index (χ2v) is 3.87. The molecule has 0 unspecified atom stereocenters. The first kappa shape index (κ1) is 12.5. The van der Waals surface area contributed by atoms with Crippen molar-refractivity contribution >= 4 is 11.6 Å². The van der Waals surface area contributed by atoms with E-state index in [0.29, 0.717) is 17.8 Å². The van der Waals surface area contributed by atoms with Gasteiger partial charge >= 0.3 is 0 Å². The fraction of sp³-hybridized carbons (Fsp3) is 0.417. The van der Waals surface area contributed by atoms with Crippen LogP contribution in [0.1, 0.15) is 31.1 Å². The van der Waals surface area contributed by atoms with Crippen molar-refractivity contribution in [1.29, 1.82) is 0 Å². The number of nitrogen functional groups attached to an aromatic ring is 1. The predicted molar refractivity (Wildman–Crippen MR) is 66.1 cm³/mol. The maximum Gasteiger partial charge on any atom is 0.256 e. The van der Waals surface area contributed by atoms with E-state index in [4.69, 9.17) is 5.84 Å². The number of carbonyl (C=O) groups excluding carboxylic acids is 1. The van der Waals surface area contributed by atoms with E-state index in [-0.39, 0.29) is 11.9 Å². The molecule has 16 heavy (non-hydrogen) atoms. The van der Waals surface area contributed by atoms with Crippen LogP contribution in [-0.2, 0) is 0 Å². The van der Waals surface area contributed by atoms with Gasteiger partial charge in [-0.15, -0.1) is 0 Å². The van der Waals surface area contributed by atoms with Crippen LogP contribution in [0.15, 0.2) is 24.3 Å². The molecular weight excluding hydrogens is 202 g/mol. The van der Waals surface area contributed by atoms with Crippen molar-refractivity contribution < 1.29 is 4.79 Å². The summed E-state index contributed by atoms with van der Waals surface area (Å²) in [5.41, 5.74) is 3.82. The first-order chi connectivity index (χ1) is 7.61. The summed E-state index contributed by atoms with van der Waals surface area (Å²) in [7, 11) is 0. The van der Waals surface area contributed by atoms with Crippen LogP contribution in [0.5, 0.6) is 0 Å². The third kappa shape index (κ3) is 2.52. The molecule has 1 amide bonds. The topological polar surface area (TPSA) is 58.4 Å². The van der Waals surface area contributed by atoms with Crippen LogP contribution in [0, 0.1) is 0 Å². The number of carbonyl (C=O) groups is 1. The molecule has 4 heteroatoms. The lowest BCUT2D eigenvalue weighted by Crippen LogP contribution is -2.37.